The molecule has 4 rings (SSSR count). The van der Waals surface area contributed by atoms with Crippen LogP contribution >= 0.6 is 11.3 Å². The van der Waals surface area contributed by atoms with Crippen molar-refractivity contribution in [2.75, 3.05) is 18.4 Å². The maximum absolute atomic E-state index is 12.6. The second-order valence-electron chi connectivity index (χ2n) is 6.25. The summed E-state index contributed by atoms with van der Waals surface area (Å²) < 4.78 is 40.6. The quantitative estimate of drug-likeness (QED) is 0.685. The molecule has 28 heavy (non-hydrogen) atoms. The van der Waals surface area contributed by atoms with E-state index >= 15 is 0 Å². The summed E-state index contributed by atoms with van der Waals surface area (Å²) in [6, 6.07) is 7.09. The number of aromatic nitrogens is 2. The molecule has 3 aromatic rings. The summed E-state index contributed by atoms with van der Waals surface area (Å²) in [5, 5.41) is 3.74. The van der Waals surface area contributed by atoms with Crippen LogP contribution in [0.4, 0.5) is 24.7 Å². The Morgan fingerprint density at radius 2 is 1.86 bits per heavy atom. The SMILES string of the molecule is O=C(c1cc2c(Nc3ccc(OC(F)(F)F)cc3)ncnc2s1)N1CCCC1. The molecule has 6 nitrogen and oxygen atoms in total. The standard InChI is InChI=1S/C18H15F3N4O2S/c19-18(20,21)27-12-5-3-11(4-6-12)24-15-13-9-14(28-16(13)23-10-22-15)17(26)25-7-1-2-8-25/h3-6,9-10H,1-2,7-8H2,(H,22,23,24). The molecular formula is C18H15F3N4O2S. The van der Waals surface area contributed by atoms with Crippen LogP contribution in [-0.2, 0) is 0 Å². The number of alkyl halides is 3. The van der Waals surface area contributed by atoms with Gasteiger partial charge in [0.1, 0.15) is 22.7 Å². The number of thiophene rings is 1. The van der Waals surface area contributed by atoms with E-state index in [1.165, 1.54) is 41.9 Å². The smallest absolute Gasteiger partial charge is 0.406 e. The van der Waals surface area contributed by atoms with E-state index in [9.17, 15) is 18.0 Å². The van der Waals surface area contributed by atoms with Crippen molar-refractivity contribution in [3.05, 3.63) is 41.5 Å². The van der Waals surface area contributed by atoms with Gasteiger partial charge in [0.2, 0.25) is 0 Å². The highest BCUT2D eigenvalue weighted by Gasteiger charge is 2.31. The molecule has 146 valence electrons. The van der Waals surface area contributed by atoms with Crippen molar-refractivity contribution < 1.29 is 22.7 Å². The molecule has 0 spiro atoms. The summed E-state index contributed by atoms with van der Waals surface area (Å²) in [5.41, 5.74) is 0.535. The van der Waals surface area contributed by atoms with E-state index in [0.717, 1.165) is 25.9 Å². The minimum atomic E-state index is -4.73. The second kappa shape index (κ2) is 7.27. The van der Waals surface area contributed by atoms with Crippen molar-refractivity contribution in [3.63, 3.8) is 0 Å². The number of carbonyl (C=O) groups is 1. The van der Waals surface area contributed by atoms with Crippen LogP contribution in [0.3, 0.4) is 0 Å². The summed E-state index contributed by atoms with van der Waals surface area (Å²) in [4.78, 5) is 24.1. The van der Waals surface area contributed by atoms with Crippen LogP contribution in [0.1, 0.15) is 22.5 Å². The van der Waals surface area contributed by atoms with Crippen LogP contribution in [0, 0.1) is 0 Å². The molecule has 1 aliphatic rings. The van der Waals surface area contributed by atoms with Gasteiger partial charge in [0.15, 0.2) is 0 Å². The maximum atomic E-state index is 12.6. The molecule has 0 radical (unpaired) electrons. The Hall–Kier alpha value is -2.88. The summed E-state index contributed by atoms with van der Waals surface area (Å²) in [5.74, 6) is 0.159. The number of benzene rings is 1. The van der Waals surface area contributed by atoms with E-state index in [1.807, 2.05) is 4.90 Å². The van der Waals surface area contributed by atoms with Crippen molar-refractivity contribution in [2.45, 2.75) is 19.2 Å². The van der Waals surface area contributed by atoms with Gasteiger partial charge in [-0.3, -0.25) is 4.79 Å². The summed E-state index contributed by atoms with van der Waals surface area (Å²) in [6.45, 7) is 1.52. The molecule has 0 aliphatic carbocycles. The topological polar surface area (TPSA) is 67.3 Å². The lowest BCUT2D eigenvalue weighted by Gasteiger charge is -2.13. The third-order valence-corrected chi connectivity index (χ3v) is 5.32. The van der Waals surface area contributed by atoms with E-state index in [4.69, 9.17) is 0 Å². The molecule has 0 unspecified atom stereocenters. The Bertz CT molecular complexity index is 998. The second-order valence-corrected chi connectivity index (χ2v) is 7.28. The van der Waals surface area contributed by atoms with Crippen molar-refractivity contribution >= 4 is 39.0 Å². The van der Waals surface area contributed by atoms with E-state index in [-0.39, 0.29) is 11.7 Å². The number of fused-ring (bicyclic) bond motifs is 1. The first-order valence-electron chi connectivity index (χ1n) is 8.56. The Balaban J connectivity index is 1.56. The fourth-order valence-corrected chi connectivity index (χ4v) is 3.98. The van der Waals surface area contributed by atoms with Gasteiger partial charge in [0, 0.05) is 18.8 Å². The van der Waals surface area contributed by atoms with Gasteiger partial charge < -0.3 is 15.0 Å². The van der Waals surface area contributed by atoms with Gasteiger partial charge in [-0.2, -0.15) is 0 Å². The molecule has 1 amide bonds. The molecule has 1 N–H and O–H groups in total. The third kappa shape index (κ3) is 4.01. The van der Waals surface area contributed by atoms with Gasteiger partial charge >= 0.3 is 6.36 Å². The first-order valence-corrected chi connectivity index (χ1v) is 9.37. The molecule has 0 bridgehead atoms. The van der Waals surface area contributed by atoms with Gasteiger partial charge in [-0.1, -0.05) is 0 Å². The maximum Gasteiger partial charge on any atom is 0.573 e. The average Bonchev–Trinajstić information content (AvgIpc) is 3.32. The van der Waals surface area contributed by atoms with Crippen molar-refractivity contribution in [1.82, 2.24) is 14.9 Å². The van der Waals surface area contributed by atoms with Crippen LogP contribution in [0.15, 0.2) is 36.7 Å². The number of carbonyl (C=O) groups excluding carboxylic acids is 1. The predicted molar refractivity (Wildman–Crippen MR) is 99.0 cm³/mol. The Kier molecular flexibility index (Phi) is 4.80. The van der Waals surface area contributed by atoms with Crippen LogP contribution in [-0.4, -0.2) is 40.2 Å². The van der Waals surface area contributed by atoms with Gasteiger partial charge in [-0.25, -0.2) is 9.97 Å². The van der Waals surface area contributed by atoms with Gasteiger partial charge in [0.05, 0.1) is 10.3 Å². The average molecular weight is 408 g/mol. The van der Waals surface area contributed by atoms with Crippen LogP contribution in [0.2, 0.25) is 0 Å². The lowest BCUT2D eigenvalue weighted by atomic mass is 10.2. The number of likely N-dealkylation sites (tertiary alicyclic amines) is 1. The number of rotatable bonds is 4. The number of hydrogen-bond acceptors (Lipinski definition) is 6. The molecule has 1 aliphatic heterocycles. The van der Waals surface area contributed by atoms with Crippen LogP contribution in [0.25, 0.3) is 10.2 Å². The Morgan fingerprint density at radius 3 is 2.54 bits per heavy atom. The van der Waals surface area contributed by atoms with E-state index in [2.05, 4.69) is 20.0 Å². The number of halogens is 3. The molecule has 1 saturated heterocycles. The van der Waals surface area contributed by atoms with Gasteiger partial charge in [-0.05, 0) is 43.2 Å². The molecule has 2 aromatic heterocycles. The fraction of sp³-hybridized carbons (Fsp3) is 0.278. The zero-order chi connectivity index (χ0) is 19.7. The van der Waals surface area contributed by atoms with E-state index < -0.39 is 6.36 Å². The first-order chi connectivity index (χ1) is 13.4. The number of anilines is 2. The summed E-state index contributed by atoms with van der Waals surface area (Å²) in [6.07, 6.45) is -1.33. The number of nitrogens with zero attached hydrogens (tertiary/aromatic N) is 3. The number of nitrogens with one attached hydrogen (secondary N) is 1. The largest absolute Gasteiger partial charge is 0.573 e. The highest BCUT2D eigenvalue weighted by Crippen LogP contribution is 2.32. The summed E-state index contributed by atoms with van der Waals surface area (Å²) >= 11 is 1.30. The number of hydrogen-bond donors (Lipinski definition) is 1. The minimum absolute atomic E-state index is 0.0138. The Morgan fingerprint density at radius 1 is 1.14 bits per heavy atom. The normalized spacial score (nSPS) is 14.5. The fourth-order valence-electron chi connectivity index (χ4n) is 3.01. The van der Waals surface area contributed by atoms with E-state index in [0.29, 0.717) is 26.6 Å². The first kappa shape index (κ1) is 18.5. The van der Waals surface area contributed by atoms with Crippen molar-refractivity contribution in [1.29, 1.82) is 0 Å². The molecular weight excluding hydrogens is 393 g/mol. The molecule has 10 heteroatoms. The lowest BCUT2D eigenvalue weighted by molar-refractivity contribution is -0.274. The third-order valence-electron chi connectivity index (χ3n) is 4.28. The van der Waals surface area contributed by atoms with Crippen LogP contribution < -0.4 is 10.1 Å². The van der Waals surface area contributed by atoms with Crippen molar-refractivity contribution in [2.24, 2.45) is 0 Å². The lowest BCUT2D eigenvalue weighted by Crippen LogP contribution is -2.26. The molecule has 3 heterocycles. The highest BCUT2D eigenvalue weighted by atomic mass is 32.1. The number of amides is 1. The Labute approximate surface area is 162 Å². The zero-order valence-electron chi connectivity index (χ0n) is 14.5. The molecule has 0 saturated carbocycles. The summed E-state index contributed by atoms with van der Waals surface area (Å²) in [7, 11) is 0. The highest BCUT2D eigenvalue weighted by molar-refractivity contribution is 7.20. The molecule has 0 atom stereocenters. The van der Waals surface area contributed by atoms with E-state index in [1.54, 1.807) is 6.07 Å². The predicted octanol–water partition coefficient (Wildman–Crippen LogP) is 4.57. The zero-order valence-corrected chi connectivity index (χ0v) is 15.3. The van der Waals surface area contributed by atoms with Crippen LogP contribution in [0.5, 0.6) is 5.75 Å². The van der Waals surface area contributed by atoms with Gasteiger partial charge in [-0.15, -0.1) is 24.5 Å². The molecule has 1 fully saturated rings. The van der Waals surface area contributed by atoms with Gasteiger partial charge in [0.25, 0.3) is 5.91 Å². The van der Waals surface area contributed by atoms with Crippen molar-refractivity contribution in [3.8, 4) is 5.75 Å². The monoisotopic (exact) mass is 408 g/mol. The molecule has 1 aromatic carbocycles. The minimum Gasteiger partial charge on any atom is -0.406 e. The number of ether oxygens (including phenoxy) is 1.